The molecule has 5 heteroatoms. The molecule has 0 aliphatic rings. The van der Waals surface area contributed by atoms with Gasteiger partial charge in [-0.3, -0.25) is 9.59 Å². The Morgan fingerprint density at radius 3 is 2.50 bits per heavy atom. The van der Waals surface area contributed by atoms with Gasteiger partial charge in [0.15, 0.2) is 0 Å². The van der Waals surface area contributed by atoms with Gasteiger partial charge in [-0.2, -0.15) is 0 Å². The lowest BCUT2D eigenvalue weighted by Gasteiger charge is -2.11. The van der Waals surface area contributed by atoms with Gasteiger partial charge in [0.25, 0.3) is 5.91 Å². The topological polar surface area (TPSA) is 64.6 Å². The lowest BCUT2D eigenvalue weighted by Crippen LogP contribution is -2.30. The van der Waals surface area contributed by atoms with Crippen LogP contribution < -0.4 is 10.1 Å². The largest absolute Gasteiger partial charge is 0.496 e. The molecule has 2 rings (SSSR count). The van der Waals surface area contributed by atoms with Crippen molar-refractivity contribution in [3.05, 3.63) is 64.7 Å². The number of rotatable bonds is 6. The Labute approximate surface area is 141 Å². The zero-order valence-electron chi connectivity index (χ0n) is 14.1. The average molecular weight is 327 g/mol. The number of amides is 1. The van der Waals surface area contributed by atoms with E-state index < -0.39 is 5.97 Å². The average Bonchev–Trinajstić information content (AvgIpc) is 2.58. The summed E-state index contributed by atoms with van der Waals surface area (Å²) < 4.78 is 10.4. The van der Waals surface area contributed by atoms with Gasteiger partial charge in [0.05, 0.1) is 7.11 Å². The molecule has 0 aromatic heterocycles. The molecule has 5 nitrogen and oxygen atoms in total. The van der Waals surface area contributed by atoms with Gasteiger partial charge in [-0.1, -0.05) is 29.3 Å². The highest BCUT2D eigenvalue weighted by atomic mass is 16.5. The zero-order valence-corrected chi connectivity index (χ0v) is 14.1. The molecule has 0 aliphatic carbocycles. The number of aryl methyl sites for hydroxylation is 2. The molecular formula is C19H21NO4. The van der Waals surface area contributed by atoms with E-state index in [-0.39, 0.29) is 19.1 Å². The van der Waals surface area contributed by atoms with E-state index in [0.29, 0.717) is 11.3 Å². The SMILES string of the molecule is COc1ccc(C)cc1COC(=O)CNC(=O)c1cccc(C)c1. The molecule has 0 atom stereocenters. The maximum Gasteiger partial charge on any atom is 0.325 e. The van der Waals surface area contributed by atoms with Crippen LogP contribution in [0.5, 0.6) is 5.75 Å². The van der Waals surface area contributed by atoms with E-state index in [0.717, 1.165) is 16.7 Å². The number of hydrogen-bond acceptors (Lipinski definition) is 4. The Morgan fingerprint density at radius 2 is 1.79 bits per heavy atom. The number of benzene rings is 2. The summed E-state index contributed by atoms with van der Waals surface area (Å²) in [6.07, 6.45) is 0. The molecule has 0 heterocycles. The summed E-state index contributed by atoms with van der Waals surface area (Å²) in [4.78, 5) is 23.8. The van der Waals surface area contributed by atoms with Gasteiger partial charge in [0.1, 0.15) is 18.9 Å². The molecule has 0 radical (unpaired) electrons. The van der Waals surface area contributed by atoms with Crippen molar-refractivity contribution in [3.8, 4) is 5.75 Å². The van der Waals surface area contributed by atoms with E-state index >= 15 is 0 Å². The summed E-state index contributed by atoms with van der Waals surface area (Å²) in [5.74, 6) is -0.138. The molecule has 0 saturated heterocycles. The van der Waals surface area contributed by atoms with E-state index in [9.17, 15) is 9.59 Å². The standard InChI is InChI=1S/C19H21NO4/c1-13-5-4-6-15(9-13)19(22)20-11-18(21)24-12-16-10-14(2)7-8-17(16)23-3/h4-10H,11-12H2,1-3H3,(H,20,22). The van der Waals surface area contributed by atoms with Crippen LogP contribution in [0.15, 0.2) is 42.5 Å². The van der Waals surface area contributed by atoms with E-state index in [1.807, 2.05) is 38.1 Å². The summed E-state index contributed by atoms with van der Waals surface area (Å²) in [6.45, 7) is 3.78. The normalized spacial score (nSPS) is 10.1. The fourth-order valence-corrected chi connectivity index (χ4v) is 2.27. The quantitative estimate of drug-likeness (QED) is 0.829. The number of ether oxygens (including phenoxy) is 2. The predicted octanol–water partition coefficient (Wildman–Crippen LogP) is 2.79. The first-order valence-electron chi connectivity index (χ1n) is 7.63. The van der Waals surface area contributed by atoms with Crippen molar-refractivity contribution in [2.45, 2.75) is 20.5 Å². The summed E-state index contributed by atoms with van der Waals surface area (Å²) in [5.41, 5.74) is 3.34. The second kappa shape index (κ2) is 8.15. The maximum atomic E-state index is 12.0. The van der Waals surface area contributed by atoms with Crippen LogP contribution in [0, 0.1) is 13.8 Å². The smallest absolute Gasteiger partial charge is 0.325 e. The van der Waals surface area contributed by atoms with Crippen molar-refractivity contribution in [1.82, 2.24) is 5.32 Å². The summed E-state index contributed by atoms with van der Waals surface area (Å²) >= 11 is 0. The number of nitrogens with one attached hydrogen (secondary N) is 1. The summed E-state index contributed by atoms with van der Waals surface area (Å²) in [7, 11) is 1.57. The highest BCUT2D eigenvalue weighted by molar-refractivity contribution is 5.96. The van der Waals surface area contributed by atoms with E-state index in [1.165, 1.54) is 0 Å². The molecule has 1 amide bonds. The second-order valence-electron chi connectivity index (χ2n) is 5.53. The Kier molecular flexibility index (Phi) is 5.95. The molecule has 126 valence electrons. The third-order valence-corrected chi connectivity index (χ3v) is 3.50. The molecule has 0 aliphatic heterocycles. The molecule has 0 fully saturated rings. The van der Waals surface area contributed by atoms with Gasteiger partial charge < -0.3 is 14.8 Å². The molecule has 2 aromatic carbocycles. The Morgan fingerprint density at radius 1 is 1.04 bits per heavy atom. The van der Waals surface area contributed by atoms with Crippen molar-refractivity contribution < 1.29 is 19.1 Å². The van der Waals surface area contributed by atoms with Crippen molar-refractivity contribution in [3.63, 3.8) is 0 Å². The Balaban J connectivity index is 1.86. The molecule has 0 spiro atoms. The van der Waals surface area contributed by atoms with Crippen LogP contribution in [0.4, 0.5) is 0 Å². The van der Waals surface area contributed by atoms with Gasteiger partial charge in [-0.05, 0) is 38.1 Å². The van der Waals surface area contributed by atoms with Crippen LogP contribution in [0.1, 0.15) is 27.0 Å². The molecule has 0 saturated carbocycles. The predicted molar refractivity (Wildman–Crippen MR) is 91.0 cm³/mol. The third-order valence-electron chi connectivity index (χ3n) is 3.50. The number of methoxy groups -OCH3 is 1. The van der Waals surface area contributed by atoms with Gasteiger partial charge in [0, 0.05) is 11.1 Å². The molecule has 2 aromatic rings. The molecular weight excluding hydrogens is 306 g/mol. The van der Waals surface area contributed by atoms with Crippen molar-refractivity contribution in [1.29, 1.82) is 0 Å². The van der Waals surface area contributed by atoms with Gasteiger partial charge in [-0.15, -0.1) is 0 Å². The second-order valence-corrected chi connectivity index (χ2v) is 5.53. The first kappa shape index (κ1) is 17.5. The summed E-state index contributed by atoms with van der Waals surface area (Å²) in [5, 5.41) is 2.56. The van der Waals surface area contributed by atoms with Crippen LogP contribution in [0.25, 0.3) is 0 Å². The molecule has 0 unspecified atom stereocenters. The maximum absolute atomic E-state index is 12.0. The molecule has 24 heavy (non-hydrogen) atoms. The van der Waals surface area contributed by atoms with Crippen molar-refractivity contribution >= 4 is 11.9 Å². The summed E-state index contributed by atoms with van der Waals surface area (Å²) in [6, 6.07) is 12.8. The first-order chi connectivity index (χ1) is 11.5. The van der Waals surface area contributed by atoms with E-state index in [4.69, 9.17) is 9.47 Å². The highest BCUT2D eigenvalue weighted by Crippen LogP contribution is 2.20. The van der Waals surface area contributed by atoms with Crippen LogP contribution in [-0.4, -0.2) is 25.5 Å². The third kappa shape index (κ3) is 4.84. The first-order valence-corrected chi connectivity index (χ1v) is 7.63. The lowest BCUT2D eigenvalue weighted by molar-refractivity contribution is -0.143. The minimum Gasteiger partial charge on any atom is -0.496 e. The minimum atomic E-state index is -0.500. The van der Waals surface area contributed by atoms with Gasteiger partial charge in [0.2, 0.25) is 0 Å². The van der Waals surface area contributed by atoms with Crippen molar-refractivity contribution in [2.24, 2.45) is 0 Å². The van der Waals surface area contributed by atoms with Gasteiger partial charge >= 0.3 is 5.97 Å². The molecule has 0 bridgehead atoms. The monoisotopic (exact) mass is 327 g/mol. The highest BCUT2D eigenvalue weighted by Gasteiger charge is 2.11. The van der Waals surface area contributed by atoms with E-state index in [2.05, 4.69) is 5.32 Å². The fourth-order valence-electron chi connectivity index (χ4n) is 2.27. The fraction of sp³-hybridized carbons (Fsp3) is 0.263. The Hall–Kier alpha value is -2.82. The Bertz CT molecular complexity index is 740. The zero-order chi connectivity index (χ0) is 17.5. The minimum absolute atomic E-state index is 0.101. The van der Waals surface area contributed by atoms with Gasteiger partial charge in [-0.25, -0.2) is 0 Å². The van der Waals surface area contributed by atoms with Crippen LogP contribution in [-0.2, 0) is 16.1 Å². The van der Waals surface area contributed by atoms with Crippen LogP contribution >= 0.6 is 0 Å². The van der Waals surface area contributed by atoms with Crippen molar-refractivity contribution in [2.75, 3.05) is 13.7 Å². The van der Waals surface area contributed by atoms with Crippen LogP contribution in [0.2, 0.25) is 0 Å². The number of carbonyl (C=O) groups excluding carboxylic acids is 2. The van der Waals surface area contributed by atoms with E-state index in [1.54, 1.807) is 25.3 Å². The lowest BCUT2D eigenvalue weighted by atomic mass is 10.1. The molecule has 1 N–H and O–H groups in total. The number of carbonyl (C=O) groups is 2. The number of esters is 1. The van der Waals surface area contributed by atoms with Crippen LogP contribution in [0.3, 0.4) is 0 Å². The number of hydrogen-bond donors (Lipinski definition) is 1.